The van der Waals surface area contributed by atoms with Crippen LogP contribution in [-0.2, 0) is 10.8 Å². The van der Waals surface area contributed by atoms with Gasteiger partial charge >= 0.3 is 0 Å². The smallest absolute Gasteiger partial charge is 0.192 e. The van der Waals surface area contributed by atoms with E-state index in [0.717, 1.165) is 15.9 Å². The SMILES string of the molecule is Cc1nc(I)c(CC(C)(C)O[Si](C)(C)C(C)(C)C)[nH]1. The average molecular weight is 394 g/mol. The lowest BCUT2D eigenvalue weighted by atomic mass is 10.0. The number of nitrogens with zero attached hydrogens (tertiary/aromatic N) is 1. The highest BCUT2D eigenvalue weighted by Crippen LogP contribution is 2.39. The third-order valence-corrected chi connectivity index (χ3v) is 9.35. The zero-order valence-corrected chi connectivity index (χ0v) is 16.6. The molecule has 110 valence electrons. The molecule has 0 fully saturated rings. The van der Waals surface area contributed by atoms with Crippen molar-refractivity contribution in [3.63, 3.8) is 0 Å². The number of halogens is 1. The normalized spacial score (nSPS) is 13.9. The van der Waals surface area contributed by atoms with Crippen LogP contribution in [-0.4, -0.2) is 23.9 Å². The van der Waals surface area contributed by atoms with E-state index in [1.165, 1.54) is 5.69 Å². The Labute approximate surface area is 132 Å². The molecule has 3 nitrogen and oxygen atoms in total. The maximum Gasteiger partial charge on any atom is 0.192 e. The first-order valence-corrected chi connectivity index (χ1v) is 10.7. The molecular weight excluding hydrogens is 367 g/mol. The second-order valence-corrected chi connectivity index (χ2v) is 13.1. The lowest BCUT2D eigenvalue weighted by Crippen LogP contribution is -2.48. The minimum Gasteiger partial charge on any atom is -0.412 e. The van der Waals surface area contributed by atoms with Crippen LogP contribution in [0.25, 0.3) is 0 Å². The minimum atomic E-state index is -1.74. The molecule has 0 unspecified atom stereocenters. The van der Waals surface area contributed by atoms with Crippen molar-refractivity contribution in [1.29, 1.82) is 0 Å². The van der Waals surface area contributed by atoms with Gasteiger partial charge in [-0.15, -0.1) is 0 Å². The molecule has 1 rings (SSSR count). The Morgan fingerprint density at radius 3 is 2.11 bits per heavy atom. The summed E-state index contributed by atoms with van der Waals surface area (Å²) in [5, 5.41) is 0.237. The Morgan fingerprint density at radius 2 is 1.74 bits per heavy atom. The van der Waals surface area contributed by atoms with Crippen LogP contribution in [0.1, 0.15) is 46.1 Å². The Morgan fingerprint density at radius 1 is 1.21 bits per heavy atom. The van der Waals surface area contributed by atoms with E-state index in [4.69, 9.17) is 4.43 Å². The highest BCUT2D eigenvalue weighted by atomic mass is 127. The van der Waals surface area contributed by atoms with Crippen LogP contribution >= 0.6 is 22.6 Å². The summed E-state index contributed by atoms with van der Waals surface area (Å²) >= 11 is 2.29. The van der Waals surface area contributed by atoms with Crippen molar-refractivity contribution in [2.24, 2.45) is 0 Å². The first-order chi connectivity index (χ1) is 8.34. The zero-order chi connectivity index (χ0) is 15.1. The first-order valence-electron chi connectivity index (χ1n) is 6.75. The van der Waals surface area contributed by atoms with E-state index < -0.39 is 8.32 Å². The molecule has 1 aromatic rings. The molecule has 0 atom stereocenters. The number of nitrogens with one attached hydrogen (secondary N) is 1. The summed E-state index contributed by atoms with van der Waals surface area (Å²) in [4.78, 5) is 7.77. The molecule has 0 aliphatic heterocycles. The zero-order valence-electron chi connectivity index (χ0n) is 13.4. The second kappa shape index (κ2) is 5.48. The van der Waals surface area contributed by atoms with Crippen LogP contribution in [0, 0.1) is 10.6 Å². The van der Waals surface area contributed by atoms with E-state index in [1.54, 1.807) is 0 Å². The van der Waals surface area contributed by atoms with Gasteiger partial charge in [-0.1, -0.05) is 20.8 Å². The lowest BCUT2D eigenvalue weighted by Gasteiger charge is -2.42. The van der Waals surface area contributed by atoms with Crippen molar-refractivity contribution >= 4 is 30.9 Å². The fourth-order valence-electron chi connectivity index (χ4n) is 1.94. The summed E-state index contributed by atoms with van der Waals surface area (Å²) in [6.07, 6.45) is 0.874. The molecule has 0 amide bonds. The van der Waals surface area contributed by atoms with E-state index in [9.17, 15) is 0 Å². The summed E-state index contributed by atoms with van der Waals surface area (Å²) < 4.78 is 7.60. The topological polar surface area (TPSA) is 37.9 Å². The molecular formula is C14H27IN2OSi. The molecule has 5 heteroatoms. The van der Waals surface area contributed by atoms with Gasteiger partial charge < -0.3 is 9.41 Å². The highest BCUT2D eigenvalue weighted by molar-refractivity contribution is 14.1. The standard InChI is InChI=1S/C14H27IN2OSi/c1-10-16-11(12(15)17-10)9-14(5,6)18-19(7,8)13(2,3)4/h9H2,1-8H3,(H,16,17). The predicted octanol–water partition coefficient (Wildman–Crippen LogP) is 4.67. The molecule has 1 heterocycles. The predicted molar refractivity (Wildman–Crippen MR) is 92.1 cm³/mol. The number of aromatic amines is 1. The van der Waals surface area contributed by atoms with E-state index in [2.05, 4.69) is 80.3 Å². The minimum absolute atomic E-state index is 0.165. The molecule has 1 aromatic heterocycles. The van der Waals surface area contributed by atoms with Gasteiger partial charge in [0.25, 0.3) is 0 Å². The number of aromatic nitrogens is 2. The van der Waals surface area contributed by atoms with Gasteiger partial charge in [-0.2, -0.15) is 0 Å². The molecule has 0 aliphatic carbocycles. The van der Waals surface area contributed by atoms with Crippen LogP contribution in [0.2, 0.25) is 18.1 Å². The quantitative estimate of drug-likeness (QED) is 0.596. The molecule has 1 N–H and O–H groups in total. The maximum absolute atomic E-state index is 6.55. The molecule has 0 saturated carbocycles. The number of imidazole rings is 1. The monoisotopic (exact) mass is 394 g/mol. The van der Waals surface area contributed by atoms with Crippen molar-refractivity contribution in [2.45, 2.75) is 71.7 Å². The number of H-pyrrole nitrogens is 1. The van der Waals surface area contributed by atoms with Gasteiger partial charge in [0.15, 0.2) is 8.32 Å². The lowest BCUT2D eigenvalue weighted by molar-refractivity contribution is 0.0909. The maximum atomic E-state index is 6.55. The molecule has 0 radical (unpaired) electrons. The molecule has 0 aliphatic rings. The number of aryl methyl sites for hydroxylation is 1. The van der Waals surface area contributed by atoms with Crippen LogP contribution < -0.4 is 0 Å². The molecule has 0 aromatic carbocycles. The fourth-order valence-corrected chi connectivity index (χ4v) is 4.38. The molecule has 0 saturated heterocycles. The first kappa shape index (κ1) is 17.2. The third kappa shape index (κ3) is 4.56. The van der Waals surface area contributed by atoms with E-state index in [0.29, 0.717) is 0 Å². The highest BCUT2D eigenvalue weighted by Gasteiger charge is 2.41. The van der Waals surface area contributed by atoms with Gasteiger partial charge in [-0.25, -0.2) is 4.98 Å². The van der Waals surface area contributed by atoms with Crippen molar-refractivity contribution in [3.8, 4) is 0 Å². The summed E-state index contributed by atoms with van der Waals surface area (Å²) in [5.41, 5.74) is 1.02. The van der Waals surface area contributed by atoms with Gasteiger partial charge in [0.1, 0.15) is 9.53 Å². The van der Waals surface area contributed by atoms with Crippen LogP contribution in [0.15, 0.2) is 0 Å². The van der Waals surface area contributed by atoms with Gasteiger partial charge in [0.2, 0.25) is 0 Å². The number of rotatable bonds is 4. The van der Waals surface area contributed by atoms with Crippen molar-refractivity contribution in [3.05, 3.63) is 15.2 Å². The number of hydrogen-bond donors (Lipinski definition) is 1. The third-order valence-electron chi connectivity index (χ3n) is 3.79. The van der Waals surface area contributed by atoms with Gasteiger partial charge in [-0.3, -0.25) is 0 Å². The molecule has 0 spiro atoms. The Kier molecular flexibility index (Phi) is 4.95. The van der Waals surface area contributed by atoms with Gasteiger partial charge in [0.05, 0.1) is 11.3 Å². The van der Waals surface area contributed by atoms with Crippen molar-refractivity contribution < 1.29 is 4.43 Å². The van der Waals surface area contributed by atoms with Crippen molar-refractivity contribution in [1.82, 2.24) is 9.97 Å². The fraction of sp³-hybridized carbons (Fsp3) is 0.786. The molecule has 19 heavy (non-hydrogen) atoms. The average Bonchev–Trinajstić information content (AvgIpc) is 2.39. The van der Waals surface area contributed by atoms with Gasteiger partial charge in [0, 0.05) is 6.42 Å². The summed E-state index contributed by atoms with van der Waals surface area (Å²) in [5.74, 6) is 0.975. The van der Waals surface area contributed by atoms with E-state index in [-0.39, 0.29) is 10.6 Å². The second-order valence-electron chi connectivity index (χ2n) is 7.39. The Hall–Kier alpha value is 0.117. The number of hydrogen-bond acceptors (Lipinski definition) is 2. The summed E-state index contributed by atoms with van der Waals surface area (Å²) in [6, 6.07) is 0. The summed E-state index contributed by atoms with van der Waals surface area (Å²) in [7, 11) is -1.74. The Bertz CT molecular complexity index is 447. The Balaban J connectivity index is 2.85. The van der Waals surface area contributed by atoms with E-state index >= 15 is 0 Å². The van der Waals surface area contributed by atoms with Crippen LogP contribution in [0.4, 0.5) is 0 Å². The van der Waals surface area contributed by atoms with E-state index in [1.807, 2.05) is 6.92 Å². The van der Waals surface area contributed by atoms with Crippen LogP contribution in [0.3, 0.4) is 0 Å². The largest absolute Gasteiger partial charge is 0.412 e. The summed E-state index contributed by atoms with van der Waals surface area (Å²) in [6.45, 7) is 17.8. The van der Waals surface area contributed by atoms with Gasteiger partial charge in [-0.05, 0) is 61.5 Å². The van der Waals surface area contributed by atoms with Crippen LogP contribution in [0.5, 0.6) is 0 Å². The van der Waals surface area contributed by atoms with Crippen molar-refractivity contribution in [2.75, 3.05) is 0 Å². The molecule has 0 bridgehead atoms.